The largest absolute Gasteiger partial charge is 0.477 e. The fraction of sp³-hybridized carbons (Fsp3) is 0.471. The van der Waals surface area contributed by atoms with Gasteiger partial charge < -0.3 is 9.64 Å². The number of piperidine rings is 1. The molecule has 0 spiro atoms. The quantitative estimate of drug-likeness (QED) is 0.843. The monoisotopic (exact) mass is 352 g/mol. The van der Waals surface area contributed by atoms with E-state index in [1.165, 1.54) is 0 Å². The predicted molar refractivity (Wildman–Crippen MR) is 86.4 cm³/mol. The minimum absolute atomic E-state index is 0.322. The fourth-order valence-electron chi connectivity index (χ4n) is 2.82. The molecule has 0 radical (unpaired) electrons. The van der Waals surface area contributed by atoms with Crippen LogP contribution >= 0.6 is 0 Å². The number of nitrogens with zero attached hydrogens (tertiary/aromatic N) is 4. The Bertz CT molecular complexity index is 715. The van der Waals surface area contributed by atoms with Gasteiger partial charge in [0.05, 0.1) is 6.61 Å². The molecule has 0 atom stereocenters. The summed E-state index contributed by atoms with van der Waals surface area (Å²) in [5.74, 6) is 1.30. The summed E-state index contributed by atoms with van der Waals surface area (Å²) in [5, 5.41) is 0. The number of hydrogen-bond acceptors (Lipinski definition) is 5. The Balaban J connectivity index is 1.55. The second kappa shape index (κ2) is 7.25. The summed E-state index contributed by atoms with van der Waals surface area (Å²) >= 11 is 0. The van der Waals surface area contributed by atoms with Crippen LogP contribution in [0.1, 0.15) is 24.1 Å². The SMILES string of the molecule is Cc1cccnc1OCC1CCN(c2cc(C(F)(F)F)ncn2)CC1. The third kappa shape index (κ3) is 4.37. The number of alkyl halides is 3. The van der Waals surface area contributed by atoms with Gasteiger partial charge in [0, 0.05) is 30.9 Å². The first-order chi connectivity index (χ1) is 11.9. The van der Waals surface area contributed by atoms with Gasteiger partial charge in [-0.05, 0) is 31.7 Å². The minimum atomic E-state index is -4.45. The molecule has 8 heteroatoms. The van der Waals surface area contributed by atoms with Crippen molar-refractivity contribution in [1.82, 2.24) is 15.0 Å². The van der Waals surface area contributed by atoms with Crippen molar-refractivity contribution in [3.8, 4) is 5.88 Å². The molecular weight excluding hydrogens is 333 g/mol. The predicted octanol–water partition coefficient (Wildman–Crippen LogP) is 3.49. The highest BCUT2D eigenvalue weighted by atomic mass is 19.4. The summed E-state index contributed by atoms with van der Waals surface area (Å²) < 4.78 is 44.1. The molecule has 0 aliphatic carbocycles. The van der Waals surface area contributed by atoms with E-state index in [1.807, 2.05) is 24.0 Å². The van der Waals surface area contributed by atoms with E-state index in [-0.39, 0.29) is 0 Å². The van der Waals surface area contributed by atoms with Gasteiger partial charge in [-0.2, -0.15) is 13.2 Å². The summed E-state index contributed by atoms with van der Waals surface area (Å²) in [6.07, 6.45) is -0.131. The third-order valence-corrected chi connectivity index (χ3v) is 4.30. The number of halogens is 3. The molecular formula is C17H19F3N4O. The lowest BCUT2D eigenvalue weighted by atomic mass is 9.98. The second-order valence-corrected chi connectivity index (χ2v) is 6.13. The van der Waals surface area contributed by atoms with Crippen LogP contribution in [0.15, 0.2) is 30.7 Å². The van der Waals surface area contributed by atoms with Crippen LogP contribution in [-0.2, 0) is 6.18 Å². The molecule has 0 saturated carbocycles. The van der Waals surface area contributed by atoms with Gasteiger partial charge in [-0.15, -0.1) is 0 Å². The summed E-state index contributed by atoms with van der Waals surface area (Å²) in [6.45, 7) is 3.79. The number of aromatic nitrogens is 3. The standard InChI is InChI=1S/C17H19F3N4O/c1-12-3-2-6-21-16(12)25-10-13-4-7-24(8-5-13)15-9-14(17(18,19)20)22-11-23-15/h2-3,6,9,11,13H,4-5,7-8,10H2,1H3. The average molecular weight is 352 g/mol. The Hall–Kier alpha value is -2.38. The molecule has 0 N–H and O–H groups in total. The van der Waals surface area contributed by atoms with Gasteiger partial charge in [-0.1, -0.05) is 6.07 Å². The van der Waals surface area contributed by atoms with Crippen LogP contribution in [0.25, 0.3) is 0 Å². The molecule has 2 aromatic heterocycles. The van der Waals surface area contributed by atoms with Gasteiger partial charge in [0.2, 0.25) is 5.88 Å². The Kier molecular flexibility index (Phi) is 5.06. The van der Waals surface area contributed by atoms with E-state index in [2.05, 4.69) is 15.0 Å². The van der Waals surface area contributed by atoms with Crippen LogP contribution < -0.4 is 9.64 Å². The summed E-state index contributed by atoms with van der Waals surface area (Å²) in [6, 6.07) is 4.81. The maximum absolute atomic E-state index is 12.8. The van der Waals surface area contributed by atoms with E-state index >= 15 is 0 Å². The highest BCUT2D eigenvalue weighted by molar-refractivity contribution is 5.40. The Morgan fingerprint density at radius 1 is 1.20 bits per heavy atom. The molecule has 2 aromatic rings. The van der Waals surface area contributed by atoms with Crippen molar-refractivity contribution in [1.29, 1.82) is 0 Å². The molecule has 3 heterocycles. The zero-order valence-corrected chi connectivity index (χ0v) is 13.8. The normalized spacial score (nSPS) is 16.1. The van der Waals surface area contributed by atoms with Crippen molar-refractivity contribution in [3.63, 3.8) is 0 Å². The van der Waals surface area contributed by atoms with Gasteiger partial charge >= 0.3 is 6.18 Å². The molecule has 1 saturated heterocycles. The fourth-order valence-corrected chi connectivity index (χ4v) is 2.82. The molecule has 25 heavy (non-hydrogen) atoms. The number of anilines is 1. The third-order valence-electron chi connectivity index (χ3n) is 4.30. The van der Waals surface area contributed by atoms with Crippen LogP contribution in [0.2, 0.25) is 0 Å². The van der Waals surface area contributed by atoms with Crippen molar-refractivity contribution in [2.45, 2.75) is 25.9 Å². The van der Waals surface area contributed by atoms with Crippen LogP contribution in [0.5, 0.6) is 5.88 Å². The van der Waals surface area contributed by atoms with E-state index in [0.29, 0.717) is 37.3 Å². The van der Waals surface area contributed by atoms with Crippen LogP contribution in [0.4, 0.5) is 19.0 Å². The van der Waals surface area contributed by atoms with Gasteiger partial charge in [0.25, 0.3) is 0 Å². The number of hydrogen-bond donors (Lipinski definition) is 0. The van der Waals surface area contributed by atoms with Crippen LogP contribution in [0.3, 0.4) is 0 Å². The molecule has 1 fully saturated rings. The van der Waals surface area contributed by atoms with Crippen LogP contribution in [-0.4, -0.2) is 34.6 Å². The van der Waals surface area contributed by atoms with Gasteiger partial charge in [0.15, 0.2) is 0 Å². The second-order valence-electron chi connectivity index (χ2n) is 6.13. The number of pyridine rings is 1. The molecule has 0 bridgehead atoms. The first-order valence-corrected chi connectivity index (χ1v) is 8.12. The van der Waals surface area contributed by atoms with E-state index < -0.39 is 11.9 Å². The molecule has 1 aliphatic heterocycles. The Morgan fingerprint density at radius 3 is 2.64 bits per heavy atom. The average Bonchev–Trinajstić information content (AvgIpc) is 2.61. The van der Waals surface area contributed by atoms with Crippen molar-refractivity contribution in [2.75, 3.05) is 24.6 Å². The zero-order chi connectivity index (χ0) is 17.9. The maximum Gasteiger partial charge on any atom is 0.433 e. The first kappa shape index (κ1) is 17.4. The minimum Gasteiger partial charge on any atom is -0.477 e. The Morgan fingerprint density at radius 2 is 1.96 bits per heavy atom. The summed E-state index contributed by atoms with van der Waals surface area (Å²) in [5.41, 5.74) is 0.0779. The lowest BCUT2D eigenvalue weighted by molar-refractivity contribution is -0.141. The topological polar surface area (TPSA) is 51.1 Å². The van der Waals surface area contributed by atoms with Gasteiger partial charge in [-0.25, -0.2) is 15.0 Å². The van der Waals surface area contributed by atoms with E-state index in [4.69, 9.17) is 4.74 Å². The molecule has 134 valence electrons. The Labute approximate surface area is 143 Å². The number of aryl methyl sites for hydroxylation is 1. The lowest BCUT2D eigenvalue weighted by Crippen LogP contribution is -2.36. The number of rotatable bonds is 4. The van der Waals surface area contributed by atoms with Crippen molar-refractivity contribution in [2.24, 2.45) is 5.92 Å². The molecule has 5 nitrogen and oxygen atoms in total. The smallest absolute Gasteiger partial charge is 0.433 e. The lowest BCUT2D eigenvalue weighted by Gasteiger charge is -2.32. The summed E-state index contributed by atoms with van der Waals surface area (Å²) in [4.78, 5) is 13.3. The van der Waals surface area contributed by atoms with Crippen molar-refractivity contribution in [3.05, 3.63) is 42.0 Å². The van der Waals surface area contributed by atoms with Crippen molar-refractivity contribution >= 4 is 5.82 Å². The molecule has 0 amide bonds. The summed E-state index contributed by atoms with van der Waals surface area (Å²) in [7, 11) is 0. The van der Waals surface area contributed by atoms with Gasteiger partial charge in [0.1, 0.15) is 17.8 Å². The highest BCUT2D eigenvalue weighted by Crippen LogP contribution is 2.30. The number of ether oxygens (including phenoxy) is 1. The first-order valence-electron chi connectivity index (χ1n) is 8.12. The molecule has 3 rings (SSSR count). The van der Waals surface area contributed by atoms with Gasteiger partial charge in [-0.3, -0.25) is 0 Å². The maximum atomic E-state index is 12.8. The molecule has 1 aliphatic rings. The van der Waals surface area contributed by atoms with E-state index in [0.717, 1.165) is 30.8 Å². The van der Waals surface area contributed by atoms with E-state index in [9.17, 15) is 13.2 Å². The molecule has 0 unspecified atom stereocenters. The van der Waals surface area contributed by atoms with E-state index in [1.54, 1.807) is 6.20 Å². The zero-order valence-electron chi connectivity index (χ0n) is 13.8. The van der Waals surface area contributed by atoms with Crippen LogP contribution in [0, 0.1) is 12.8 Å². The van der Waals surface area contributed by atoms with Crippen molar-refractivity contribution < 1.29 is 17.9 Å². The molecule has 0 aromatic carbocycles. The highest BCUT2D eigenvalue weighted by Gasteiger charge is 2.33.